The van der Waals surface area contributed by atoms with Crippen molar-refractivity contribution >= 4 is 50.1 Å². The minimum atomic E-state index is -3.96. The van der Waals surface area contributed by atoms with Crippen molar-refractivity contribution in [3.05, 3.63) is 41.4 Å². The third-order valence-corrected chi connectivity index (χ3v) is 10.0. The maximum Gasteiger partial charge on any atom is 0.277 e. The second kappa shape index (κ2) is 11.2. The zero-order valence-electron chi connectivity index (χ0n) is 24.0. The molecule has 41 heavy (non-hydrogen) atoms. The summed E-state index contributed by atoms with van der Waals surface area (Å²) in [6.45, 7) is 4.84. The molecule has 3 heterocycles. The number of amides is 3. The molecule has 5 rings (SSSR count). The Kier molecular flexibility index (Phi) is 8.10. The maximum atomic E-state index is 13.5. The molecule has 0 saturated carbocycles. The average Bonchev–Trinajstić information content (AvgIpc) is 3.24. The molecule has 12 heteroatoms. The SMILES string of the molecule is C[C@@H](C(=O)N1CC2C[C@@H](CN(C(=O)C[N+](C)(C)C)C2)C1)N1CC[C@H](NS(=O)(=O)c2ccc3cc(Cl)ccc3c2)C1=O. The lowest BCUT2D eigenvalue weighted by Crippen LogP contribution is -2.59. The van der Waals surface area contributed by atoms with Gasteiger partial charge in [-0.2, -0.15) is 4.72 Å². The van der Waals surface area contributed by atoms with E-state index in [2.05, 4.69) is 4.72 Å². The fourth-order valence-electron chi connectivity index (χ4n) is 6.38. The summed E-state index contributed by atoms with van der Waals surface area (Å²) < 4.78 is 29.4. The highest BCUT2D eigenvalue weighted by Gasteiger charge is 2.43. The highest BCUT2D eigenvalue weighted by atomic mass is 35.5. The lowest BCUT2D eigenvalue weighted by molar-refractivity contribution is -0.862. The predicted octanol–water partition coefficient (Wildman–Crippen LogP) is 1.77. The van der Waals surface area contributed by atoms with Crippen molar-refractivity contribution in [3.63, 3.8) is 0 Å². The normalized spacial score (nSPS) is 24.2. The number of likely N-dealkylation sites (N-methyl/N-ethyl adjacent to an activating group) is 1. The topological polar surface area (TPSA) is 107 Å². The highest BCUT2D eigenvalue weighted by Crippen LogP contribution is 2.30. The number of hydrogen-bond acceptors (Lipinski definition) is 5. The van der Waals surface area contributed by atoms with Crippen LogP contribution in [0, 0.1) is 11.8 Å². The van der Waals surface area contributed by atoms with E-state index in [9.17, 15) is 22.8 Å². The van der Waals surface area contributed by atoms with Gasteiger partial charge in [-0.3, -0.25) is 14.4 Å². The van der Waals surface area contributed by atoms with Gasteiger partial charge in [0.2, 0.25) is 21.8 Å². The second-order valence-corrected chi connectivity index (χ2v) is 14.9. The van der Waals surface area contributed by atoms with Crippen molar-refractivity contribution < 1.29 is 27.3 Å². The Morgan fingerprint density at radius 3 is 2.27 bits per heavy atom. The molecule has 0 radical (unpaired) electrons. The van der Waals surface area contributed by atoms with Crippen molar-refractivity contribution in [3.8, 4) is 0 Å². The van der Waals surface area contributed by atoms with Gasteiger partial charge in [-0.1, -0.05) is 23.7 Å². The van der Waals surface area contributed by atoms with Gasteiger partial charge in [-0.05, 0) is 66.6 Å². The average molecular weight is 605 g/mol. The Morgan fingerprint density at radius 2 is 1.61 bits per heavy atom. The number of benzene rings is 2. The molecule has 3 aliphatic rings. The number of piperidine rings is 2. The van der Waals surface area contributed by atoms with Crippen molar-refractivity contribution in [1.82, 2.24) is 19.4 Å². The zero-order valence-corrected chi connectivity index (χ0v) is 25.6. The van der Waals surface area contributed by atoms with E-state index < -0.39 is 28.0 Å². The Bertz CT molecular complexity index is 1460. The van der Waals surface area contributed by atoms with Crippen LogP contribution in [0.15, 0.2) is 41.3 Å². The number of carbonyl (C=O) groups is 3. The molecule has 3 fully saturated rings. The van der Waals surface area contributed by atoms with Gasteiger partial charge < -0.3 is 19.2 Å². The number of hydrogen-bond donors (Lipinski definition) is 1. The van der Waals surface area contributed by atoms with Crippen LogP contribution in [0.25, 0.3) is 10.8 Å². The standard InChI is InChI=1S/C29H39ClN5O5S/c1-19(28(37)33-16-20-11-21(17-33)15-32(14-20)27(36)18-35(2,3)4)34-10-9-26(29(34)38)31-41(39,40)25-8-6-22-12-24(30)7-5-23(22)13-25/h5-8,12-13,19-21,26,31H,9-11,14-18H2,1-4H3/q+1/t19-,20-,21?,26-/m0/s1. The van der Waals surface area contributed by atoms with E-state index in [1.807, 2.05) is 30.9 Å². The fourth-order valence-corrected chi connectivity index (χ4v) is 7.82. The monoisotopic (exact) mass is 604 g/mol. The van der Waals surface area contributed by atoms with Gasteiger partial charge in [-0.15, -0.1) is 0 Å². The quantitative estimate of drug-likeness (QED) is 0.485. The molecule has 2 aromatic carbocycles. The van der Waals surface area contributed by atoms with Crippen LogP contribution in [-0.4, -0.2) is 118 Å². The fraction of sp³-hybridized carbons (Fsp3) is 0.552. The Hall–Kier alpha value is -2.73. The van der Waals surface area contributed by atoms with E-state index >= 15 is 0 Å². The number of fused-ring (bicyclic) bond motifs is 3. The van der Waals surface area contributed by atoms with Crippen LogP contribution >= 0.6 is 11.6 Å². The number of rotatable bonds is 7. The summed E-state index contributed by atoms with van der Waals surface area (Å²) >= 11 is 6.03. The first-order valence-electron chi connectivity index (χ1n) is 14.1. The van der Waals surface area contributed by atoms with Gasteiger partial charge in [-0.25, -0.2) is 8.42 Å². The summed E-state index contributed by atoms with van der Waals surface area (Å²) in [7, 11) is 2.04. The van der Waals surface area contributed by atoms with Crippen molar-refractivity contribution in [2.75, 3.05) is 60.4 Å². The minimum absolute atomic E-state index is 0.0662. The summed E-state index contributed by atoms with van der Waals surface area (Å²) in [5.74, 6) is 0.0421. The number of nitrogens with zero attached hydrogens (tertiary/aromatic N) is 4. The molecule has 3 saturated heterocycles. The van der Waals surface area contributed by atoms with E-state index in [0.717, 1.165) is 17.2 Å². The van der Waals surface area contributed by atoms with Gasteiger partial charge in [0, 0.05) is 37.7 Å². The van der Waals surface area contributed by atoms with Gasteiger partial charge in [0.15, 0.2) is 6.54 Å². The smallest absolute Gasteiger partial charge is 0.277 e. The molecule has 3 aliphatic heterocycles. The van der Waals surface area contributed by atoms with Gasteiger partial charge >= 0.3 is 0 Å². The molecule has 2 aromatic rings. The Morgan fingerprint density at radius 1 is 1.00 bits per heavy atom. The molecule has 0 aliphatic carbocycles. The molecule has 2 bridgehead atoms. The van der Waals surface area contributed by atoms with Crippen LogP contribution in [-0.2, 0) is 24.4 Å². The second-order valence-electron chi connectivity index (χ2n) is 12.8. The third-order valence-electron chi connectivity index (χ3n) is 8.30. The van der Waals surface area contributed by atoms with Crippen LogP contribution in [0.5, 0.6) is 0 Å². The van der Waals surface area contributed by atoms with Crippen molar-refractivity contribution in [1.29, 1.82) is 0 Å². The van der Waals surface area contributed by atoms with Crippen molar-refractivity contribution in [2.45, 2.75) is 36.7 Å². The molecule has 222 valence electrons. The number of likely N-dealkylation sites (tertiary alicyclic amines) is 3. The molecule has 1 unspecified atom stereocenters. The van der Waals surface area contributed by atoms with E-state index in [-0.39, 0.29) is 35.0 Å². The van der Waals surface area contributed by atoms with Gasteiger partial charge in [0.1, 0.15) is 12.1 Å². The first-order chi connectivity index (χ1) is 19.2. The summed E-state index contributed by atoms with van der Waals surface area (Å²) in [4.78, 5) is 44.9. The lowest BCUT2D eigenvalue weighted by atomic mass is 9.84. The van der Waals surface area contributed by atoms with E-state index in [1.165, 1.54) is 11.0 Å². The molecule has 1 N–H and O–H groups in total. The minimum Gasteiger partial charge on any atom is -0.340 e. The summed E-state index contributed by atoms with van der Waals surface area (Å²) in [6, 6.07) is 8.32. The lowest BCUT2D eigenvalue weighted by Gasteiger charge is -2.47. The number of halogens is 1. The van der Waals surface area contributed by atoms with Crippen LogP contribution in [0.3, 0.4) is 0 Å². The number of sulfonamides is 1. The van der Waals surface area contributed by atoms with E-state index in [1.54, 1.807) is 37.3 Å². The highest BCUT2D eigenvalue weighted by molar-refractivity contribution is 7.89. The number of nitrogens with one attached hydrogen (secondary N) is 1. The number of carbonyl (C=O) groups excluding carboxylic acids is 3. The molecular weight excluding hydrogens is 566 g/mol. The summed E-state index contributed by atoms with van der Waals surface area (Å²) in [5, 5.41) is 2.10. The van der Waals surface area contributed by atoms with Crippen molar-refractivity contribution in [2.24, 2.45) is 11.8 Å². The largest absolute Gasteiger partial charge is 0.340 e. The maximum absolute atomic E-state index is 13.5. The number of quaternary nitrogens is 1. The first kappa shape index (κ1) is 29.8. The molecule has 0 aromatic heterocycles. The third kappa shape index (κ3) is 6.53. The van der Waals surface area contributed by atoms with Crippen LogP contribution < -0.4 is 4.72 Å². The van der Waals surface area contributed by atoms with E-state index in [4.69, 9.17) is 11.6 Å². The molecule has 10 nitrogen and oxygen atoms in total. The first-order valence-corrected chi connectivity index (χ1v) is 16.0. The van der Waals surface area contributed by atoms with Crippen LogP contribution in [0.2, 0.25) is 5.02 Å². The molecular formula is C29H39ClN5O5S+. The molecule has 4 atom stereocenters. The van der Waals surface area contributed by atoms with Gasteiger partial charge in [0.25, 0.3) is 5.91 Å². The summed E-state index contributed by atoms with van der Waals surface area (Å²) in [5.41, 5.74) is 0. The van der Waals surface area contributed by atoms with Crippen LogP contribution in [0.4, 0.5) is 0 Å². The van der Waals surface area contributed by atoms with Gasteiger partial charge in [0.05, 0.1) is 26.0 Å². The molecule has 0 spiro atoms. The van der Waals surface area contributed by atoms with Crippen LogP contribution in [0.1, 0.15) is 19.8 Å². The Balaban J connectivity index is 1.20. The van der Waals surface area contributed by atoms with E-state index in [0.29, 0.717) is 48.8 Å². The zero-order chi connectivity index (χ0) is 29.7. The predicted molar refractivity (Wildman–Crippen MR) is 157 cm³/mol. The Labute approximate surface area is 246 Å². The summed E-state index contributed by atoms with van der Waals surface area (Å²) in [6.07, 6.45) is 1.27. The molecule has 3 amide bonds.